The highest BCUT2D eigenvalue weighted by atomic mass is 16.5. The van der Waals surface area contributed by atoms with Crippen molar-refractivity contribution in [2.45, 2.75) is 25.8 Å². The van der Waals surface area contributed by atoms with Gasteiger partial charge in [-0.25, -0.2) is 0 Å². The molecular weight excluding hydrogens is 392 g/mol. The van der Waals surface area contributed by atoms with Crippen molar-refractivity contribution in [1.29, 1.82) is 0 Å². The Kier molecular flexibility index (Phi) is 6.81. The molecule has 6 nitrogen and oxygen atoms in total. The van der Waals surface area contributed by atoms with Gasteiger partial charge in [0.25, 0.3) is 11.7 Å². The first kappa shape index (κ1) is 22.6. The number of aliphatic hydroxyl groups excluding tert-OH is 1. The van der Waals surface area contributed by atoms with E-state index in [1.165, 1.54) is 12.7 Å². The average molecular weight is 423 g/mol. The maximum absolute atomic E-state index is 13.1. The second kappa shape index (κ2) is 9.35. The summed E-state index contributed by atoms with van der Waals surface area (Å²) in [6.07, 6.45) is 0. The van der Waals surface area contributed by atoms with E-state index in [0.29, 0.717) is 30.3 Å². The summed E-state index contributed by atoms with van der Waals surface area (Å²) in [5.41, 5.74) is 2.43. The summed E-state index contributed by atoms with van der Waals surface area (Å²) >= 11 is 0. The van der Waals surface area contributed by atoms with Crippen molar-refractivity contribution in [2.24, 2.45) is 0 Å². The first-order chi connectivity index (χ1) is 14.8. The van der Waals surface area contributed by atoms with Crippen LogP contribution in [0, 0.1) is 0 Å². The summed E-state index contributed by atoms with van der Waals surface area (Å²) in [6, 6.07) is 14.2. The fraction of sp³-hybridized carbons (Fsp3) is 0.360. The maximum Gasteiger partial charge on any atom is 0.295 e. The van der Waals surface area contributed by atoms with Gasteiger partial charge >= 0.3 is 0 Å². The number of hydrogen-bond acceptors (Lipinski definition) is 5. The van der Waals surface area contributed by atoms with Crippen LogP contribution in [0.3, 0.4) is 0 Å². The number of benzene rings is 2. The Balaban J connectivity index is 2.16. The first-order valence-electron chi connectivity index (χ1n) is 10.4. The summed E-state index contributed by atoms with van der Waals surface area (Å²) in [6.45, 7) is 5.19. The largest absolute Gasteiger partial charge is 0.507 e. The van der Waals surface area contributed by atoms with Crippen LogP contribution in [0.25, 0.3) is 5.76 Å². The standard InChI is InChI=1S/C25H30N2O4/c1-16(2)17-10-12-18(13-11-17)22-21(23(28)19-8-6-7-9-20(19)31-5)24(29)25(30)27(22)15-14-26(3)4/h6-13,16,22,28H,14-15H2,1-5H3/b23-21-. The van der Waals surface area contributed by atoms with Crippen LogP contribution in [0.1, 0.15) is 42.5 Å². The van der Waals surface area contributed by atoms with Crippen LogP contribution in [0.5, 0.6) is 5.75 Å². The lowest BCUT2D eigenvalue weighted by atomic mass is 9.93. The average Bonchev–Trinajstić information content (AvgIpc) is 3.01. The maximum atomic E-state index is 13.1. The number of para-hydroxylation sites is 1. The van der Waals surface area contributed by atoms with E-state index in [1.54, 1.807) is 29.2 Å². The number of rotatable bonds is 7. The van der Waals surface area contributed by atoms with E-state index in [1.807, 2.05) is 43.3 Å². The van der Waals surface area contributed by atoms with Crippen molar-refractivity contribution in [2.75, 3.05) is 34.3 Å². The summed E-state index contributed by atoms with van der Waals surface area (Å²) < 4.78 is 5.37. The molecular formula is C25H30N2O4. The molecule has 2 aromatic carbocycles. The third-order valence-corrected chi connectivity index (χ3v) is 5.61. The van der Waals surface area contributed by atoms with Gasteiger partial charge in [-0.1, -0.05) is 50.2 Å². The Morgan fingerprint density at radius 2 is 1.74 bits per heavy atom. The van der Waals surface area contributed by atoms with E-state index in [-0.39, 0.29) is 11.3 Å². The Morgan fingerprint density at radius 1 is 1.10 bits per heavy atom. The van der Waals surface area contributed by atoms with Crippen LogP contribution in [0.2, 0.25) is 0 Å². The second-order valence-corrected chi connectivity index (χ2v) is 8.32. The number of ketones is 1. The van der Waals surface area contributed by atoms with Crippen LogP contribution in [0.15, 0.2) is 54.1 Å². The molecule has 0 aromatic heterocycles. The van der Waals surface area contributed by atoms with Gasteiger partial charge in [-0.3, -0.25) is 9.59 Å². The molecule has 1 aliphatic heterocycles. The highest BCUT2D eigenvalue weighted by molar-refractivity contribution is 6.46. The van der Waals surface area contributed by atoms with Crippen molar-refractivity contribution in [3.05, 3.63) is 70.8 Å². The molecule has 164 valence electrons. The van der Waals surface area contributed by atoms with Crippen molar-refractivity contribution in [1.82, 2.24) is 9.80 Å². The van der Waals surface area contributed by atoms with Gasteiger partial charge in [-0.2, -0.15) is 0 Å². The summed E-state index contributed by atoms with van der Waals surface area (Å²) in [4.78, 5) is 29.5. The highest BCUT2D eigenvalue weighted by Gasteiger charge is 2.46. The third-order valence-electron chi connectivity index (χ3n) is 5.61. The normalized spacial score (nSPS) is 18.3. The lowest BCUT2D eigenvalue weighted by Crippen LogP contribution is -2.35. The zero-order valence-electron chi connectivity index (χ0n) is 18.8. The predicted molar refractivity (Wildman–Crippen MR) is 121 cm³/mol. The summed E-state index contributed by atoms with van der Waals surface area (Å²) in [5, 5.41) is 11.2. The molecule has 1 unspecified atom stereocenters. The molecule has 1 saturated heterocycles. The molecule has 0 saturated carbocycles. The van der Waals surface area contributed by atoms with E-state index >= 15 is 0 Å². The first-order valence-corrected chi connectivity index (χ1v) is 10.4. The Bertz CT molecular complexity index is 993. The predicted octanol–water partition coefficient (Wildman–Crippen LogP) is 3.80. The number of nitrogens with zero attached hydrogens (tertiary/aromatic N) is 2. The minimum atomic E-state index is -0.680. The lowest BCUT2D eigenvalue weighted by Gasteiger charge is -2.27. The van der Waals surface area contributed by atoms with E-state index in [9.17, 15) is 14.7 Å². The van der Waals surface area contributed by atoms with Crippen LogP contribution in [-0.2, 0) is 9.59 Å². The Hall–Kier alpha value is -3.12. The molecule has 6 heteroatoms. The topological polar surface area (TPSA) is 70.1 Å². The smallest absolute Gasteiger partial charge is 0.295 e. The minimum Gasteiger partial charge on any atom is -0.507 e. The van der Waals surface area contributed by atoms with Gasteiger partial charge in [-0.05, 0) is 43.3 Å². The van der Waals surface area contributed by atoms with Crippen molar-refractivity contribution in [3.63, 3.8) is 0 Å². The molecule has 0 spiro atoms. The van der Waals surface area contributed by atoms with Crippen LogP contribution < -0.4 is 4.74 Å². The fourth-order valence-corrected chi connectivity index (χ4v) is 3.81. The second-order valence-electron chi connectivity index (χ2n) is 8.32. The molecule has 1 aliphatic rings. The zero-order valence-corrected chi connectivity index (χ0v) is 18.8. The molecule has 2 aromatic rings. The molecule has 1 heterocycles. The van der Waals surface area contributed by atoms with Crippen LogP contribution in [-0.4, -0.2) is 60.9 Å². The molecule has 31 heavy (non-hydrogen) atoms. The summed E-state index contributed by atoms with van der Waals surface area (Å²) in [7, 11) is 5.33. The van der Waals surface area contributed by atoms with Crippen molar-refractivity contribution < 1.29 is 19.4 Å². The van der Waals surface area contributed by atoms with Gasteiger partial charge in [-0.15, -0.1) is 0 Å². The van der Waals surface area contributed by atoms with Crippen LogP contribution >= 0.6 is 0 Å². The highest BCUT2D eigenvalue weighted by Crippen LogP contribution is 2.41. The van der Waals surface area contributed by atoms with Gasteiger partial charge < -0.3 is 19.6 Å². The van der Waals surface area contributed by atoms with Gasteiger partial charge in [0.2, 0.25) is 0 Å². The van der Waals surface area contributed by atoms with Crippen molar-refractivity contribution in [3.8, 4) is 5.75 Å². The molecule has 1 atom stereocenters. The molecule has 1 N–H and O–H groups in total. The fourth-order valence-electron chi connectivity index (χ4n) is 3.81. The number of aliphatic hydroxyl groups is 1. The summed E-state index contributed by atoms with van der Waals surface area (Å²) in [5.74, 6) is -0.700. The van der Waals surface area contributed by atoms with E-state index < -0.39 is 17.7 Å². The van der Waals surface area contributed by atoms with Gasteiger partial charge in [0.1, 0.15) is 11.5 Å². The SMILES string of the molecule is COc1ccccc1/C(O)=C1/C(=O)C(=O)N(CCN(C)C)C1c1ccc(C(C)C)cc1. The van der Waals surface area contributed by atoms with Crippen LogP contribution in [0.4, 0.5) is 0 Å². The molecule has 0 bridgehead atoms. The molecule has 1 amide bonds. The Labute approximate surface area is 183 Å². The number of hydrogen-bond donors (Lipinski definition) is 1. The molecule has 0 radical (unpaired) electrons. The lowest BCUT2D eigenvalue weighted by molar-refractivity contribution is -0.140. The third kappa shape index (κ3) is 4.49. The minimum absolute atomic E-state index is 0.0885. The van der Waals surface area contributed by atoms with Crippen molar-refractivity contribution >= 4 is 17.4 Å². The molecule has 0 aliphatic carbocycles. The number of Topliss-reactive ketones (excluding diaryl/α,β-unsaturated/α-hetero) is 1. The number of methoxy groups -OCH3 is 1. The number of carbonyl (C=O) groups is 2. The number of carbonyl (C=O) groups excluding carboxylic acids is 2. The Morgan fingerprint density at radius 3 is 2.32 bits per heavy atom. The van der Waals surface area contributed by atoms with Gasteiger partial charge in [0.15, 0.2) is 0 Å². The molecule has 3 rings (SSSR count). The number of ether oxygens (including phenoxy) is 1. The zero-order chi connectivity index (χ0) is 22.7. The van der Waals surface area contributed by atoms with Gasteiger partial charge in [0, 0.05) is 13.1 Å². The number of likely N-dealkylation sites (N-methyl/N-ethyl adjacent to an activating group) is 1. The van der Waals surface area contributed by atoms with E-state index in [0.717, 1.165) is 5.56 Å². The number of likely N-dealkylation sites (tertiary alicyclic amines) is 1. The van der Waals surface area contributed by atoms with Gasteiger partial charge in [0.05, 0.1) is 24.3 Å². The van der Waals surface area contributed by atoms with E-state index in [4.69, 9.17) is 4.74 Å². The monoisotopic (exact) mass is 422 g/mol. The number of amides is 1. The quantitative estimate of drug-likeness (QED) is 0.418. The molecule has 1 fully saturated rings. The van der Waals surface area contributed by atoms with E-state index in [2.05, 4.69) is 13.8 Å².